The van der Waals surface area contributed by atoms with Crippen molar-refractivity contribution in [3.8, 4) is 11.1 Å². The minimum atomic E-state index is 0.258. The van der Waals surface area contributed by atoms with Crippen LogP contribution in [0.1, 0.15) is 44.2 Å². The first kappa shape index (κ1) is 22.1. The fraction of sp³-hybridized carbons (Fsp3) is 0.167. The summed E-state index contributed by atoms with van der Waals surface area (Å²) < 4.78 is 0. The van der Waals surface area contributed by atoms with Gasteiger partial charge in [0.25, 0.3) is 0 Å². The average molecular weight is 478 g/mol. The molecule has 1 fully saturated rings. The Balaban J connectivity index is 1.46. The van der Waals surface area contributed by atoms with Gasteiger partial charge in [-0.3, -0.25) is 0 Å². The summed E-state index contributed by atoms with van der Waals surface area (Å²) in [7, 11) is 0. The topological polar surface area (TPSA) is 3.24 Å². The lowest BCUT2D eigenvalue weighted by Gasteiger charge is -2.32. The molecular formula is C36H31N. The highest BCUT2D eigenvalue weighted by Crippen LogP contribution is 2.53. The molecule has 0 N–H and O–H groups in total. The molecule has 0 aromatic heterocycles. The summed E-state index contributed by atoms with van der Waals surface area (Å²) in [5.41, 5.74) is 12.5. The van der Waals surface area contributed by atoms with Crippen molar-refractivity contribution in [3.05, 3.63) is 132 Å². The van der Waals surface area contributed by atoms with Gasteiger partial charge in [-0.2, -0.15) is 0 Å². The predicted octanol–water partition coefficient (Wildman–Crippen LogP) is 10.2. The highest BCUT2D eigenvalue weighted by atomic mass is 15.1. The molecule has 1 nitrogen and oxygen atoms in total. The molecular weight excluding hydrogens is 446 g/mol. The molecule has 1 unspecified atom stereocenters. The van der Waals surface area contributed by atoms with E-state index in [0.717, 1.165) is 11.4 Å². The molecule has 2 aliphatic rings. The van der Waals surface area contributed by atoms with Crippen LogP contribution in [-0.2, 0) is 5.41 Å². The standard InChI is InChI=1S/C36H31N/c1-25-28-19-20-36(2,24-28)35-22-27(17-18-32(25)35)34-23-31(21-26-11-9-10-16-33(26)34)37(29-12-5-3-6-13-29)30-14-7-4-8-15-30/h3-18,21-23H,19-20,24H2,1-2H3. The van der Waals surface area contributed by atoms with Gasteiger partial charge < -0.3 is 4.90 Å². The largest absolute Gasteiger partial charge is 0.310 e. The van der Waals surface area contributed by atoms with Gasteiger partial charge in [-0.25, -0.2) is 0 Å². The van der Waals surface area contributed by atoms with E-state index in [1.807, 2.05) is 0 Å². The minimum Gasteiger partial charge on any atom is -0.310 e. The van der Waals surface area contributed by atoms with Gasteiger partial charge in [0.15, 0.2) is 0 Å². The Morgan fingerprint density at radius 3 is 2.05 bits per heavy atom. The molecule has 0 amide bonds. The van der Waals surface area contributed by atoms with E-state index in [1.165, 1.54) is 63.5 Å². The summed E-state index contributed by atoms with van der Waals surface area (Å²) in [6.45, 7) is 4.79. The molecule has 37 heavy (non-hydrogen) atoms. The van der Waals surface area contributed by atoms with Crippen LogP contribution in [0.25, 0.3) is 27.5 Å². The normalized spacial score (nSPS) is 18.2. The molecule has 2 bridgehead atoms. The van der Waals surface area contributed by atoms with Gasteiger partial charge in [0.05, 0.1) is 0 Å². The van der Waals surface area contributed by atoms with Crippen LogP contribution >= 0.6 is 0 Å². The highest BCUT2D eigenvalue weighted by Gasteiger charge is 2.39. The SMILES string of the molecule is CC1=C2CCC(C)(C2)c2cc(-c3cc(N(c4ccccc4)c4ccccc4)cc4ccccc34)ccc21. The molecule has 1 heteroatoms. The fourth-order valence-electron chi connectivity index (χ4n) is 6.62. The summed E-state index contributed by atoms with van der Waals surface area (Å²) >= 11 is 0. The van der Waals surface area contributed by atoms with Crippen LogP contribution in [0.15, 0.2) is 121 Å². The number of hydrogen-bond donors (Lipinski definition) is 0. The maximum atomic E-state index is 2.50. The van der Waals surface area contributed by atoms with Crippen molar-refractivity contribution in [1.29, 1.82) is 0 Å². The third kappa shape index (κ3) is 3.61. The van der Waals surface area contributed by atoms with Crippen LogP contribution in [0.4, 0.5) is 17.1 Å². The van der Waals surface area contributed by atoms with Crippen molar-refractivity contribution in [3.63, 3.8) is 0 Å². The van der Waals surface area contributed by atoms with Gasteiger partial charge in [-0.05, 0) is 113 Å². The van der Waals surface area contributed by atoms with Crippen molar-refractivity contribution in [2.45, 2.75) is 38.5 Å². The van der Waals surface area contributed by atoms with E-state index in [4.69, 9.17) is 0 Å². The Hall–Kier alpha value is -4.10. The molecule has 180 valence electrons. The number of rotatable bonds is 4. The first-order valence-corrected chi connectivity index (χ1v) is 13.4. The van der Waals surface area contributed by atoms with Gasteiger partial charge in [0.2, 0.25) is 0 Å². The van der Waals surface area contributed by atoms with Crippen molar-refractivity contribution in [2.24, 2.45) is 0 Å². The summed E-state index contributed by atoms with van der Waals surface area (Å²) in [6, 6.07) is 42.1. The first-order valence-electron chi connectivity index (χ1n) is 13.4. The maximum Gasteiger partial charge on any atom is 0.0474 e. The van der Waals surface area contributed by atoms with E-state index in [0.29, 0.717) is 0 Å². The molecule has 5 aromatic rings. The maximum absolute atomic E-state index is 2.50. The van der Waals surface area contributed by atoms with Crippen LogP contribution in [0.2, 0.25) is 0 Å². The zero-order valence-corrected chi connectivity index (χ0v) is 21.5. The third-order valence-electron chi connectivity index (χ3n) is 8.63. The lowest BCUT2D eigenvalue weighted by Crippen LogP contribution is -2.21. The number of para-hydroxylation sites is 2. The Kier molecular flexibility index (Phi) is 5.08. The van der Waals surface area contributed by atoms with Crippen LogP contribution in [0, 0.1) is 0 Å². The fourth-order valence-corrected chi connectivity index (χ4v) is 6.62. The second kappa shape index (κ2) is 8.49. The molecule has 0 saturated heterocycles. The smallest absolute Gasteiger partial charge is 0.0474 e. The van der Waals surface area contributed by atoms with Crippen molar-refractivity contribution < 1.29 is 0 Å². The van der Waals surface area contributed by atoms with E-state index < -0.39 is 0 Å². The molecule has 0 radical (unpaired) electrons. The van der Waals surface area contributed by atoms with Crippen molar-refractivity contribution in [1.82, 2.24) is 0 Å². The zero-order chi connectivity index (χ0) is 25.0. The molecule has 1 saturated carbocycles. The van der Waals surface area contributed by atoms with Gasteiger partial charge in [0, 0.05) is 17.1 Å². The summed E-state index contributed by atoms with van der Waals surface area (Å²) in [4.78, 5) is 2.37. The number of benzene rings is 5. The number of allylic oxidation sites excluding steroid dienone is 2. The molecule has 0 spiro atoms. The van der Waals surface area contributed by atoms with E-state index in [2.05, 4.69) is 134 Å². The van der Waals surface area contributed by atoms with Crippen LogP contribution < -0.4 is 4.90 Å². The molecule has 7 rings (SSSR count). The number of anilines is 3. The number of nitrogens with zero attached hydrogens (tertiary/aromatic N) is 1. The van der Waals surface area contributed by atoms with Crippen molar-refractivity contribution in [2.75, 3.05) is 4.90 Å². The first-order chi connectivity index (χ1) is 18.1. The van der Waals surface area contributed by atoms with Crippen LogP contribution in [0.3, 0.4) is 0 Å². The summed E-state index contributed by atoms with van der Waals surface area (Å²) in [6.07, 6.45) is 3.71. The molecule has 5 aromatic carbocycles. The van der Waals surface area contributed by atoms with Crippen LogP contribution in [0.5, 0.6) is 0 Å². The van der Waals surface area contributed by atoms with E-state index in [-0.39, 0.29) is 5.41 Å². The Labute approximate surface area is 219 Å². The quantitative estimate of drug-likeness (QED) is 0.249. The molecule has 1 atom stereocenters. The minimum absolute atomic E-state index is 0.258. The number of hydrogen-bond acceptors (Lipinski definition) is 1. The second-order valence-electron chi connectivity index (χ2n) is 10.9. The van der Waals surface area contributed by atoms with Gasteiger partial charge in [-0.1, -0.05) is 85.3 Å². The molecule has 2 aliphatic carbocycles. The lowest BCUT2D eigenvalue weighted by atomic mass is 9.73. The van der Waals surface area contributed by atoms with Crippen LogP contribution in [-0.4, -0.2) is 0 Å². The van der Waals surface area contributed by atoms with Gasteiger partial charge >= 0.3 is 0 Å². The average Bonchev–Trinajstić information content (AvgIpc) is 3.32. The summed E-state index contributed by atoms with van der Waals surface area (Å²) in [5, 5.41) is 2.56. The van der Waals surface area contributed by atoms with E-state index in [9.17, 15) is 0 Å². The third-order valence-corrected chi connectivity index (χ3v) is 8.63. The molecule has 0 heterocycles. The predicted molar refractivity (Wildman–Crippen MR) is 158 cm³/mol. The Morgan fingerprint density at radius 2 is 1.32 bits per heavy atom. The Morgan fingerprint density at radius 1 is 0.649 bits per heavy atom. The zero-order valence-electron chi connectivity index (χ0n) is 21.5. The highest BCUT2D eigenvalue weighted by molar-refractivity contribution is 6.01. The second-order valence-corrected chi connectivity index (χ2v) is 10.9. The van der Waals surface area contributed by atoms with Gasteiger partial charge in [0.1, 0.15) is 0 Å². The number of fused-ring (bicyclic) bond motifs is 5. The molecule has 0 aliphatic heterocycles. The lowest BCUT2D eigenvalue weighted by molar-refractivity contribution is 0.495. The van der Waals surface area contributed by atoms with E-state index >= 15 is 0 Å². The van der Waals surface area contributed by atoms with Crippen molar-refractivity contribution >= 4 is 33.4 Å². The Bertz CT molecular complexity index is 1620. The van der Waals surface area contributed by atoms with E-state index in [1.54, 1.807) is 5.57 Å². The summed E-state index contributed by atoms with van der Waals surface area (Å²) in [5.74, 6) is 0. The van der Waals surface area contributed by atoms with Gasteiger partial charge in [-0.15, -0.1) is 0 Å². The monoisotopic (exact) mass is 477 g/mol.